The summed E-state index contributed by atoms with van der Waals surface area (Å²) in [4.78, 5) is 11.5. The van der Waals surface area contributed by atoms with Crippen molar-refractivity contribution in [2.24, 2.45) is 5.92 Å². The number of benzene rings is 1. The van der Waals surface area contributed by atoms with Crippen molar-refractivity contribution < 1.29 is 9.53 Å². The molecule has 0 fully saturated rings. The topological polar surface area (TPSA) is 38.3 Å². The van der Waals surface area contributed by atoms with Crippen molar-refractivity contribution in [3.05, 3.63) is 30.3 Å². The van der Waals surface area contributed by atoms with Gasteiger partial charge in [-0.05, 0) is 30.9 Å². The van der Waals surface area contributed by atoms with Gasteiger partial charge in [0.2, 0.25) is 0 Å². The maximum atomic E-state index is 11.5. The summed E-state index contributed by atoms with van der Waals surface area (Å²) in [6.45, 7) is 2.85. The number of nitrogens with one attached hydrogen (secondary N) is 1. The highest BCUT2D eigenvalue weighted by Crippen LogP contribution is 2.08. The number of halogens is 1. The van der Waals surface area contributed by atoms with E-state index in [-0.39, 0.29) is 12.5 Å². The molecule has 3 nitrogen and oxygen atoms in total. The van der Waals surface area contributed by atoms with E-state index in [0.29, 0.717) is 24.1 Å². The third-order valence-corrected chi connectivity index (χ3v) is 3.10. The smallest absolute Gasteiger partial charge is 0.257 e. The number of rotatable bonds is 8. The lowest BCUT2D eigenvalue weighted by Gasteiger charge is -2.09. The van der Waals surface area contributed by atoms with Crippen molar-refractivity contribution in [1.29, 1.82) is 0 Å². The van der Waals surface area contributed by atoms with Gasteiger partial charge in [-0.1, -0.05) is 25.1 Å². The number of amides is 1. The molecule has 1 N–H and O–H groups in total. The fourth-order valence-electron chi connectivity index (χ4n) is 1.47. The van der Waals surface area contributed by atoms with Gasteiger partial charge in [0.25, 0.3) is 5.91 Å². The summed E-state index contributed by atoms with van der Waals surface area (Å²) >= 11 is 5.70. The van der Waals surface area contributed by atoms with Gasteiger partial charge in [0, 0.05) is 12.4 Å². The Morgan fingerprint density at radius 1 is 1.39 bits per heavy atom. The molecule has 4 heteroatoms. The quantitative estimate of drug-likeness (QED) is 0.582. The van der Waals surface area contributed by atoms with Crippen LogP contribution in [0.5, 0.6) is 5.75 Å². The first-order valence-corrected chi connectivity index (χ1v) is 6.76. The Morgan fingerprint density at radius 3 is 2.78 bits per heavy atom. The lowest BCUT2D eigenvalue weighted by molar-refractivity contribution is -0.123. The van der Waals surface area contributed by atoms with Gasteiger partial charge in [-0.2, -0.15) is 0 Å². The Bertz CT molecular complexity index is 343. The van der Waals surface area contributed by atoms with Crippen molar-refractivity contribution in [3.63, 3.8) is 0 Å². The van der Waals surface area contributed by atoms with Gasteiger partial charge in [-0.3, -0.25) is 4.79 Å². The molecule has 0 saturated carbocycles. The van der Waals surface area contributed by atoms with Crippen molar-refractivity contribution >= 4 is 17.5 Å². The van der Waals surface area contributed by atoms with E-state index in [1.54, 1.807) is 0 Å². The summed E-state index contributed by atoms with van der Waals surface area (Å²) in [7, 11) is 0. The molecule has 1 unspecified atom stereocenters. The first-order valence-electron chi connectivity index (χ1n) is 6.23. The molecule has 1 aromatic rings. The van der Waals surface area contributed by atoms with E-state index >= 15 is 0 Å². The lowest BCUT2D eigenvalue weighted by Crippen LogP contribution is -2.29. The molecule has 0 radical (unpaired) electrons. The van der Waals surface area contributed by atoms with Gasteiger partial charge < -0.3 is 10.1 Å². The molecule has 0 aliphatic carbocycles. The number of hydrogen-bond donors (Lipinski definition) is 1. The van der Waals surface area contributed by atoms with Crippen LogP contribution in [-0.4, -0.2) is 24.9 Å². The molecule has 0 aliphatic rings. The van der Waals surface area contributed by atoms with E-state index in [1.165, 1.54) is 0 Å². The van der Waals surface area contributed by atoms with Gasteiger partial charge in [0.15, 0.2) is 6.61 Å². The number of carbonyl (C=O) groups excluding carboxylic acids is 1. The number of carbonyl (C=O) groups is 1. The minimum Gasteiger partial charge on any atom is -0.484 e. The normalized spacial score (nSPS) is 11.9. The van der Waals surface area contributed by atoms with E-state index in [9.17, 15) is 4.79 Å². The van der Waals surface area contributed by atoms with E-state index in [2.05, 4.69) is 12.2 Å². The highest BCUT2D eigenvalue weighted by molar-refractivity contribution is 6.18. The van der Waals surface area contributed by atoms with Gasteiger partial charge >= 0.3 is 0 Å². The highest BCUT2D eigenvalue weighted by Gasteiger charge is 2.03. The van der Waals surface area contributed by atoms with E-state index < -0.39 is 0 Å². The van der Waals surface area contributed by atoms with Crippen LogP contribution in [0.3, 0.4) is 0 Å². The van der Waals surface area contributed by atoms with Crippen LogP contribution >= 0.6 is 11.6 Å². The molecule has 0 heterocycles. The first-order chi connectivity index (χ1) is 8.72. The monoisotopic (exact) mass is 269 g/mol. The number of para-hydroxylation sites is 1. The Labute approximate surface area is 113 Å². The Hall–Kier alpha value is -1.22. The van der Waals surface area contributed by atoms with Crippen LogP contribution in [-0.2, 0) is 4.79 Å². The minimum absolute atomic E-state index is 0.0646. The zero-order chi connectivity index (χ0) is 13.2. The second-order valence-corrected chi connectivity index (χ2v) is 4.66. The molecule has 100 valence electrons. The molecule has 18 heavy (non-hydrogen) atoms. The molecule has 0 saturated heterocycles. The standard InChI is InChI=1S/C14H20ClNO2/c1-12(10-15)6-5-9-16-14(17)11-18-13-7-3-2-4-8-13/h2-4,7-8,12H,5-6,9-11H2,1H3,(H,16,17). The average Bonchev–Trinajstić information content (AvgIpc) is 2.42. The van der Waals surface area contributed by atoms with E-state index in [4.69, 9.17) is 16.3 Å². The summed E-state index contributed by atoms with van der Waals surface area (Å²) in [6.07, 6.45) is 1.98. The van der Waals surface area contributed by atoms with Gasteiger partial charge in [0.05, 0.1) is 0 Å². The highest BCUT2D eigenvalue weighted by atomic mass is 35.5. The summed E-state index contributed by atoms with van der Waals surface area (Å²) in [5.41, 5.74) is 0. The van der Waals surface area contributed by atoms with Crippen LogP contribution in [0.25, 0.3) is 0 Å². The van der Waals surface area contributed by atoms with Crippen molar-refractivity contribution in [3.8, 4) is 5.75 Å². The zero-order valence-electron chi connectivity index (χ0n) is 10.7. The fourth-order valence-corrected chi connectivity index (χ4v) is 1.63. The minimum atomic E-state index is -0.0858. The summed E-state index contributed by atoms with van der Waals surface area (Å²) in [5.74, 6) is 1.80. The van der Waals surface area contributed by atoms with Crippen LogP contribution in [0.1, 0.15) is 19.8 Å². The van der Waals surface area contributed by atoms with Gasteiger partial charge in [-0.15, -0.1) is 11.6 Å². The predicted molar refractivity (Wildman–Crippen MR) is 74.1 cm³/mol. The maximum Gasteiger partial charge on any atom is 0.257 e. The van der Waals surface area contributed by atoms with E-state index in [1.807, 2.05) is 30.3 Å². The number of ether oxygens (including phenoxy) is 1. The third-order valence-electron chi connectivity index (χ3n) is 2.57. The Morgan fingerprint density at radius 2 is 2.11 bits per heavy atom. The third kappa shape index (κ3) is 6.50. The summed E-state index contributed by atoms with van der Waals surface area (Å²) in [5, 5.41) is 2.83. The molecule has 0 bridgehead atoms. The fraction of sp³-hybridized carbons (Fsp3) is 0.500. The van der Waals surface area contributed by atoms with Crippen molar-refractivity contribution in [2.75, 3.05) is 19.0 Å². The molecular formula is C14H20ClNO2. The maximum absolute atomic E-state index is 11.5. The van der Waals surface area contributed by atoms with Gasteiger partial charge in [0.1, 0.15) is 5.75 Å². The Balaban J connectivity index is 2.07. The molecule has 1 atom stereocenters. The van der Waals surface area contributed by atoms with Crippen molar-refractivity contribution in [2.45, 2.75) is 19.8 Å². The average molecular weight is 270 g/mol. The summed E-state index contributed by atoms with van der Waals surface area (Å²) < 4.78 is 5.33. The van der Waals surface area contributed by atoms with Crippen LogP contribution < -0.4 is 10.1 Å². The van der Waals surface area contributed by atoms with E-state index in [0.717, 1.165) is 12.8 Å². The molecular weight excluding hydrogens is 250 g/mol. The molecule has 1 amide bonds. The largest absolute Gasteiger partial charge is 0.484 e. The second kappa shape index (κ2) is 8.81. The number of hydrogen-bond acceptors (Lipinski definition) is 2. The molecule has 0 aromatic heterocycles. The van der Waals surface area contributed by atoms with Gasteiger partial charge in [-0.25, -0.2) is 0 Å². The van der Waals surface area contributed by atoms with Crippen LogP contribution in [0.4, 0.5) is 0 Å². The molecule has 1 rings (SSSR count). The molecule has 1 aromatic carbocycles. The Kier molecular flexibility index (Phi) is 7.26. The number of alkyl halides is 1. The van der Waals surface area contributed by atoms with Crippen LogP contribution in [0.2, 0.25) is 0 Å². The zero-order valence-corrected chi connectivity index (χ0v) is 11.5. The molecule has 0 spiro atoms. The summed E-state index contributed by atoms with van der Waals surface area (Å²) in [6, 6.07) is 9.32. The predicted octanol–water partition coefficient (Wildman–Crippen LogP) is 2.84. The van der Waals surface area contributed by atoms with Crippen molar-refractivity contribution in [1.82, 2.24) is 5.32 Å². The SMILES string of the molecule is CC(CCl)CCCNC(=O)COc1ccccc1. The lowest BCUT2D eigenvalue weighted by atomic mass is 10.1. The molecule has 0 aliphatic heterocycles. The van der Waals surface area contributed by atoms with Crippen LogP contribution in [0, 0.1) is 5.92 Å². The second-order valence-electron chi connectivity index (χ2n) is 4.35. The van der Waals surface area contributed by atoms with Crippen LogP contribution in [0.15, 0.2) is 30.3 Å². The first kappa shape index (κ1) is 14.8.